The molecule has 0 bridgehead atoms. The summed E-state index contributed by atoms with van der Waals surface area (Å²) in [5, 5.41) is -6.01. The Bertz CT molecular complexity index is 585. The fourth-order valence-electron chi connectivity index (χ4n) is 0.906. The molecule has 1 N–H and O–H groups in total. The van der Waals surface area contributed by atoms with Gasteiger partial charge >= 0.3 is 21.5 Å². The van der Waals surface area contributed by atoms with E-state index in [1.165, 1.54) is 0 Å². The van der Waals surface area contributed by atoms with Crippen LogP contribution in [0.4, 0.5) is 26.3 Å². The van der Waals surface area contributed by atoms with Crippen LogP contribution in [0.3, 0.4) is 0 Å². The molecule has 0 fully saturated rings. The molecule has 0 aliphatic carbocycles. The van der Waals surface area contributed by atoms with Gasteiger partial charge in [0.25, 0.3) is 0 Å². The standard InChI is InChI=1S/C8H4F6O4S/c9-4-1-2-6(5(10)3-4)18-7(11,12)8(13,14)19(15,16)17/h1-3H,(H,15,16,17). The van der Waals surface area contributed by atoms with Crippen molar-refractivity contribution >= 4 is 10.1 Å². The summed E-state index contributed by atoms with van der Waals surface area (Å²) in [5.74, 6) is -4.48. The van der Waals surface area contributed by atoms with Gasteiger partial charge in [0.15, 0.2) is 11.6 Å². The highest BCUT2D eigenvalue weighted by atomic mass is 32.2. The van der Waals surface area contributed by atoms with Gasteiger partial charge in [-0.2, -0.15) is 26.0 Å². The highest BCUT2D eigenvalue weighted by Crippen LogP contribution is 2.40. The maximum absolute atomic E-state index is 12.9. The molecule has 4 nitrogen and oxygen atoms in total. The van der Waals surface area contributed by atoms with Crippen LogP contribution in [0.15, 0.2) is 18.2 Å². The van der Waals surface area contributed by atoms with Crippen LogP contribution in [0.2, 0.25) is 0 Å². The van der Waals surface area contributed by atoms with Crippen LogP contribution in [-0.4, -0.2) is 24.3 Å². The zero-order valence-electron chi connectivity index (χ0n) is 8.58. The number of ether oxygens (including phenoxy) is 1. The molecule has 0 aromatic heterocycles. The monoisotopic (exact) mass is 310 g/mol. The third-order valence-electron chi connectivity index (χ3n) is 1.79. The van der Waals surface area contributed by atoms with Gasteiger partial charge in [-0.1, -0.05) is 0 Å². The normalized spacial score (nSPS) is 13.4. The van der Waals surface area contributed by atoms with Crippen LogP contribution < -0.4 is 4.74 Å². The molecule has 0 aliphatic heterocycles. The average molecular weight is 310 g/mol. The van der Waals surface area contributed by atoms with Crippen molar-refractivity contribution in [2.45, 2.75) is 11.4 Å². The first-order valence-corrected chi connectivity index (χ1v) is 5.69. The van der Waals surface area contributed by atoms with E-state index in [1.807, 2.05) is 0 Å². The van der Waals surface area contributed by atoms with Crippen molar-refractivity contribution in [1.29, 1.82) is 0 Å². The summed E-state index contributed by atoms with van der Waals surface area (Å²) in [4.78, 5) is 0. The highest BCUT2D eigenvalue weighted by molar-refractivity contribution is 7.86. The van der Waals surface area contributed by atoms with Crippen LogP contribution in [0, 0.1) is 11.6 Å². The van der Waals surface area contributed by atoms with E-state index in [4.69, 9.17) is 4.55 Å². The second-order valence-corrected chi connectivity index (χ2v) is 4.65. The fourth-order valence-corrected chi connectivity index (χ4v) is 1.25. The second-order valence-electron chi connectivity index (χ2n) is 3.19. The Morgan fingerprint density at radius 3 is 2.05 bits per heavy atom. The third kappa shape index (κ3) is 2.92. The molecule has 1 aromatic carbocycles. The molecule has 108 valence electrons. The highest BCUT2D eigenvalue weighted by Gasteiger charge is 2.69. The largest absolute Gasteiger partial charge is 0.483 e. The summed E-state index contributed by atoms with van der Waals surface area (Å²) in [7, 11) is -6.51. The van der Waals surface area contributed by atoms with E-state index in [9.17, 15) is 34.8 Å². The molecule has 1 rings (SSSR count). The Kier molecular flexibility index (Phi) is 3.74. The zero-order chi connectivity index (χ0) is 15.1. The van der Waals surface area contributed by atoms with Gasteiger partial charge < -0.3 is 4.74 Å². The Hall–Kier alpha value is -1.49. The molecule has 0 spiro atoms. The van der Waals surface area contributed by atoms with Crippen LogP contribution in [-0.2, 0) is 10.1 Å². The lowest BCUT2D eigenvalue weighted by atomic mass is 10.3. The molecule has 0 unspecified atom stereocenters. The van der Waals surface area contributed by atoms with Crippen LogP contribution in [0.1, 0.15) is 0 Å². The zero-order valence-corrected chi connectivity index (χ0v) is 9.40. The van der Waals surface area contributed by atoms with E-state index in [2.05, 4.69) is 4.74 Å². The summed E-state index contributed by atoms with van der Waals surface area (Å²) in [6.45, 7) is 0. The van der Waals surface area contributed by atoms with Crippen LogP contribution in [0.25, 0.3) is 0 Å². The Morgan fingerprint density at radius 2 is 1.63 bits per heavy atom. The van der Waals surface area contributed by atoms with Crippen molar-refractivity contribution in [2.75, 3.05) is 0 Å². The van der Waals surface area contributed by atoms with Crippen LogP contribution in [0.5, 0.6) is 5.75 Å². The lowest BCUT2D eigenvalue weighted by Crippen LogP contribution is -2.50. The lowest BCUT2D eigenvalue weighted by molar-refractivity contribution is -0.275. The lowest BCUT2D eigenvalue weighted by Gasteiger charge is -2.23. The van der Waals surface area contributed by atoms with Gasteiger partial charge in [-0.3, -0.25) is 4.55 Å². The number of rotatable bonds is 4. The van der Waals surface area contributed by atoms with E-state index in [0.717, 1.165) is 0 Å². The summed E-state index contributed by atoms with van der Waals surface area (Å²) in [5.41, 5.74) is 0. The smallest absolute Gasteiger partial charge is 0.424 e. The number of hydrogen-bond donors (Lipinski definition) is 1. The molecule has 0 saturated carbocycles. The minimum Gasteiger partial charge on any atom is -0.424 e. The molecule has 0 amide bonds. The average Bonchev–Trinajstić information content (AvgIpc) is 2.20. The maximum Gasteiger partial charge on any atom is 0.483 e. The summed E-state index contributed by atoms with van der Waals surface area (Å²) in [6, 6.07) is 0.718. The van der Waals surface area contributed by atoms with E-state index in [0.29, 0.717) is 6.07 Å². The Balaban J connectivity index is 3.16. The molecule has 19 heavy (non-hydrogen) atoms. The molecule has 1 aromatic rings. The predicted octanol–water partition coefficient (Wildman–Crippen LogP) is 2.42. The number of alkyl halides is 4. The molecule has 0 heterocycles. The van der Waals surface area contributed by atoms with Gasteiger partial charge in [0, 0.05) is 6.07 Å². The topological polar surface area (TPSA) is 63.6 Å². The SMILES string of the molecule is O=S(=O)(O)C(F)(F)C(F)(F)Oc1ccc(F)cc1F. The van der Waals surface area contributed by atoms with Crippen molar-refractivity contribution in [3.63, 3.8) is 0 Å². The van der Waals surface area contributed by atoms with Gasteiger partial charge in [-0.15, -0.1) is 0 Å². The first-order chi connectivity index (χ1) is 8.38. The minimum atomic E-state index is -6.51. The van der Waals surface area contributed by atoms with Gasteiger partial charge in [0.2, 0.25) is 0 Å². The maximum atomic E-state index is 12.9. The van der Waals surface area contributed by atoms with Crippen molar-refractivity contribution in [1.82, 2.24) is 0 Å². The molecular weight excluding hydrogens is 306 g/mol. The predicted molar refractivity (Wildman–Crippen MR) is 48.4 cm³/mol. The van der Waals surface area contributed by atoms with E-state index < -0.39 is 38.9 Å². The number of benzene rings is 1. The number of halogens is 6. The van der Waals surface area contributed by atoms with Crippen molar-refractivity contribution in [3.05, 3.63) is 29.8 Å². The Labute approximate surface area is 102 Å². The third-order valence-corrected chi connectivity index (χ3v) is 2.68. The van der Waals surface area contributed by atoms with Gasteiger partial charge in [-0.05, 0) is 12.1 Å². The Morgan fingerprint density at radius 1 is 1.11 bits per heavy atom. The summed E-state index contributed by atoms with van der Waals surface area (Å²) < 4.78 is 108. The quantitative estimate of drug-likeness (QED) is 0.685. The van der Waals surface area contributed by atoms with Crippen molar-refractivity contribution in [3.8, 4) is 5.75 Å². The molecule has 0 radical (unpaired) electrons. The molecule has 0 aliphatic rings. The van der Waals surface area contributed by atoms with E-state index in [-0.39, 0.29) is 12.1 Å². The van der Waals surface area contributed by atoms with E-state index >= 15 is 0 Å². The minimum absolute atomic E-state index is 0.0526. The van der Waals surface area contributed by atoms with Crippen LogP contribution >= 0.6 is 0 Å². The van der Waals surface area contributed by atoms with Gasteiger partial charge in [0.1, 0.15) is 5.82 Å². The van der Waals surface area contributed by atoms with Gasteiger partial charge in [-0.25, -0.2) is 8.78 Å². The molecule has 0 atom stereocenters. The second kappa shape index (κ2) is 4.56. The first kappa shape index (κ1) is 15.6. The molecular formula is C8H4F6O4S. The van der Waals surface area contributed by atoms with Gasteiger partial charge in [0.05, 0.1) is 0 Å². The fraction of sp³-hybridized carbons (Fsp3) is 0.250. The van der Waals surface area contributed by atoms with E-state index in [1.54, 1.807) is 0 Å². The van der Waals surface area contributed by atoms with Crippen molar-refractivity contribution < 1.29 is 44.0 Å². The first-order valence-electron chi connectivity index (χ1n) is 4.25. The molecule has 0 saturated heterocycles. The molecule has 11 heteroatoms. The number of hydrogen-bond acceptors (Lipinski definition) is 3. The summed E-state index contributed by atoms with van der Waals surface area (Å²) >= 11 is 0. The summed E-state index contributed by atoms with van der Waals surface area (Å²) in [6.07, 6.45) is -5.76. The van der Waals surface area contributed by atoms with Crippen molar-refractivity contribution in [2.24, 2.45) is 0 Å².